The largest absolute Gasteiger partial charge is 0.482 e. The van der Waals surface area contributed by atoms with E-state index < -0.39 is 21.8 Å². The number of rotatable bonds is 7. The molecule has 8 nitrogen and oxygen atoms in total. The average molecular weight is 606 g/mol. The van der Waals surface area contributed by atoms with Crippen molar-refractivity contribution in [1.82, 2.24) is 19.2 Å². The minimum Gasteiger partial charge on any atom is -0.482 e. The fourth-order valence-electron chi connectivity index (χ4n) is 5.04. The first-order valence-electron chi connectivity index (χ1n) is 12.4. The summed E-state index contributed by atoms with van der Waals surface area (Å²) in [5.74, 6) is -0.781. The molecule has 1 unspecified atom stereocenters. The average Bonchev–Trinajstić information content (AvgIpc) is 3.43. The minimum absolute atomic E-state index is 0.0541. The molecule has 0 bridgehead atoms. The highest BCUT2D eigenvalue weighted by molar-refractivity contribution is 7.92. The first-order valence-corrected chi connectivity index (χ1v) is 14.8. The Morgan fingerprint density at radius 1 is 1.15 bits per heavy atom. The molecule has 0 saturated heterocycles. The maximum atomic E-state index is 14.5. The molecule has 2 aromatic carbocycles. The summed E-state index contributed by atoms with van der Waals surface area (Å²) >= 11 is 12.5. The second kappa shape index (κ2) is 10.7. The van der Waals surface area contributed by atoms with Crippen molar-refractivity contribution in [2.45, 2.75) is 17.9 Å². The number of benzene rings is 2. The summed E-state index contributed by atoms with van der Waals surface area (Å²) in [5.41, 5.74) is 2.29. The predicted octanol–water partition coefficient (Wildman–Crippen LogP) is 5.30. The number of halogens is 3. The van der Waals surface area contributed by atoms with Crippen molar-refractivity contribution < 1.29 is 22.3 Å². The number of fused-ring (bicyclic) bond motifs is 2. The number of methoxy groups -OCH3 is 1. The van der Waals surface area contributed by atoms with Crippen LogP contribution in [0, 0.1) is 12.7 Å². The van der Waals surface area contributed by atoms with Crippen LogP contribution in [0.4, 0.5) is 4.39 Å². The molecule has 1 aliphatic rings. The van der Waals surface area contributed by atoms with Gasteiger partial charge in [0.2, 0.25) is 0 Å². The molecule has 1 atom stereocenters. The summed E-state index contributed by atoms with van der Waals surface area (Å²) in [6.07, 6.45) is 0. The summed E-state index contributed by atoms with van der Waals surface area (Å²) in [4.78, 5) is 22.5. The molecule has 40 heavy (non-hydrogen) atoms. The second-order valence-electron chi connectivity index (χ2n) is 9.91. The predicted molar refractivity (Wildman–Crippen MR) is 153 cm³/mol. The van der Waals surface area contributed by atoms with Crippen molar-refractivity contribution in [3.05, 3.63) is 81.2 Å². The van der Waals surface area contributed by atoms with Crippen LogP contribution in [0.1, 0.15) is 27.7 Å². The van der Waals surface area contributed by atoms with Gasteiger partial charge >= 0.3 is 0 Å². The molecule has 3 heterocycles. The molecule has 4 aromatic rings. The highest BCUT2D eigenvalue weighted by atomic mass is 35.5. The Hall–Kier alpha value is -3.18. The SMILES string of the molecule is COc1cccc2nc(C(=O)N(CCN(C)C)C3CS(=O)(=O)c4c3ccc(Cl)c4Cl)c(-c3ccc(F)c(C)c3)n12. The highest BCUT2D eigenvalue weighted by Gasteiger charge is 2.43. The standard InChI is InChI=1S/C28H27Cl2FN4O4S/c1-16-14-17(8-11-20(16)31)26-25(32-22-6-5-7-23(39-4)35(22)26)28(36)34(13-12-33(2)3)21-15-40(37,38)27-18(21)9-10-19(29)24(27)30/h5-11,14,21H,12-13,15H2,1-4H3. The highest BCUT2D eigenvalue weighted by Crippen LogP contribution is 2.44. The molecule has 5 rings (SSSR count). The Balaban J connectivity index is 1.73. The number of ether oxygens (including phenoxy) is 1. The zero-order valence-corrected chi connectivity index (χ0v) is 24.6. The minimum atomic E-state index is -3.83. The lowest BCUT2D eigenvalue weighted by molar-refractivity contribution is 0.0677. The number of hydrogen-bond acceptors (Lipinski definition) is 6. The van der Waals surface area contributed by atoms with E-state index in [0.29, 0.717) is 40.5 Å². The van der Waals surface area contributed by atoms with E-state index in [4.69, 9.17) is 27.9 Å². The number of hydrogen-bond donors (Lipinski definition) is 0. The fourth-order valence-corrected chi connectivity index (χ4v) is 7.66. The third kappa shape index (κ3) is 4.83. The van der Waals surface area contributed by atoms with Crippen LogP contribution in [0.15, 0.2) is 53.4 Å². The summed E-state index contributed by atoms with van der Waals surface area (Å²) in [7, 11) is 1.41. The molecule has 0 radical (unpaired) electrons. The van der Waals surface area contributed by atoms with Crippen molar-refractivity contribution in [3.63, 3.8) is 0 Å². The molecule has 210 valence electrons. The molecule has 2 aromatic heterocycles. The van der Waals surface area contributed by atoms with Gasteiger partial charge in [0.25, 0.3) is 5.91 Å². The van der Waals surface area contributed by atoms with Gasteiger partial charge < -0.3 is 14.5 Å². The van der Waals surface area contributed by atoms with Crippen molar-refractivity contribution in [1.29, 1.82) is 0 Å². The van der Waals surface area contributed by atoms with Crippen LogP contribution < -0.4 is 4.74 Å². The molecule has 1 amide bonds. The normalized spacial score (nSPS) is 15.9. The lowest BCUT2D eigenvalue weighted by Crippen LogP contribution is -2.40. The first kappa shape index (κ1) is 28.4. The molecule has 0 aliphatic carbocycles. The Bertz CT molecular complexity index is 1760. The van der Waals surface area contributed by atoms with Gasteiger partial charge in [-0.2, -0.15) is 0 Å². The van der Waals surface area contributed by atoms with Crippen LogP contribution in [0.2, 0.25) is 10.0 Å². The van der Waals surface area contributed by atoms with Gasteiger partial charge in [0.1, 0.15) is 11.5 Å². The number of sulfone groups is 1. The van der Waals surface area contributed by atoms with E-state index in [1.54, 1.807) is 47.7 Å². The van der Waals surface area contributed by atoms with E-state index in [9.17, 15) is 17.6 Å². The summed E-state index contributed by atoms with van der Waals surface area (Å²) in [5, 5.41) is 0.0684. The number of carbonyl (C=O) groups excluding carboxylic acids is 1. The summed E-state index contributed by atoms with van der Waals surface area (Å²) in [6.45, 7) is 2.30. The lowest BCUT2D eigenvalue weighted by atomic mass is 10.0. The van der Waals surface area contributed by atoms with E-state index in [2.05, 4.69) is 4.98 Å². The Morgan fingerprint density at radius 2 is 1.90 bits per heavy atom. The van der Waals surface area contributed by atoms with E-state index in [-0.39, 0.29) is 38.7 Å². The van der Waals surface area contributed by atoms with E-state index in [1.807, 2.05) is 19.0 Å². The van der Waals surface area contributed by atoms with Gasteiger partial charge in [0.05, 0.1) is 39.5 Å². The van der Waals surface area contributed by atoms with Crippen LogP contribution >= 0.6 is 23.2 Å². The maximum absolute atomic E-state index is 14.5. The van der Waals surface area contributed by atoms with Gasteiger partial charge in [-0.3, -0.25) is 9.20 Å². The fraction of sp³-hybridized carbons (Fsp3) is 0.286. The number of amides is 1. The van der Waals surface area contributed by atoms with Gasteiger partial charge in [-0.05, 0) is 68.5 Å². The zero-order valence-electron chi connectivity index (χ0n) is 22.3. The molecule has 0 N–H and O–H groups in total. The van der Waals surface area contributed by atoms with Crippen molar-refractivity contribution in [2.24, 2.45) is 0 Å². The molecule has 0 fully saturated rings. The van der Waals surface area contributed by atoms with Gasteiger partial charge in [0.15, 0.2) is 21.4 Å². The number of pyridine rings is 1. The zero-order chi connectivity index (χ0) is 28.9. The van der Waals surface area contributed by atoms with Crippen molar-refractivity contribution in [2.75, 3.05) is 40.0 Å². The smallest absolute Gasteiger partial charge is 0.275 e. The number of imidazole rings is 1. The number of carbonyl (C=O) groups is 1. The second-order valence-corrected chi connectivity index (χ2v) is 12.7. The number of likely N-dealkylation sites (N-methyl/N-ethyl adjacent to an activating group) is 1. The van der Waals surface area contributed by atoms with Crippen LogP contribution in [0.3, 0.4) is 0 Å². The van der Waals surface area contributed by atoms with Crippen molar-refractivity contribution in [3.8, 4) is 17.1 Å². The topological polar surface area (TPSA) is 84.2 Å². The molecule has 1 aliphatic heterocycles. The van der Waals surface area contributed by atoms with Gasteiger partial charge in [-0.15, -0.1) is 0 Å². The maximum Gasteiger partial charge on any atom is 0.275 e. The monoisotopic (exact) mass is 604 g/mol. The Kier molecular flexibility index (Phi) is 7.56. The van der Waals surface area contributed by atoms with E-state index in [0.717, 1.165) is 0 Å². The summed E-state index contributed by atoms with van der Waals surface area (Å²) in [6, 6.07) is 12.1. The molecular weight excluding hydrogens is 578 g/mol. The van der Waals surface area contributed by atoms with Crippen LogP contribution in [0.25, 0.3) is 16.9 Å². The quantitative estimate of drug-likeness (QED) is 0.285. The molecule has 0 saturated carbocycles. The molecular formula is C28H27Cl2FN4O4S. The van der Waals surface area contributed by atoms with Crippen LogP contribution in [0.5, 0.6) is 5.88 Å². The van der Waals surface area contributed by atoms with Gasteiger partial charge in [0, 0.05) is 18.7 Å². The molecule has 0 spiro atoms. The van der Waals surface area contributed by atoms with E-state index >= 15 is 0 Å². The number of nitrogens with zero attached hydrogens (tertiary/aromatic N) is 4. The Morgan fingerprint density at radius 3 is 2.58 bits per heavy atom. The number of aryl methyl sites for hydroxylation is 1. The first-order chi connectivity index (χ1) is 18.9. The van der Waals surface area contributed by atoms with Crippen molar-refractivity contribution >= 4 is 44.6 Å². The van der Waals surface area contributed by atoms with Gasteiger partial charge in [-0.25, -0.2) is 17.8 Å². The van der Waals surface area contributed by atoms with Crippen LogP contribution in [-0.2, 0) is 9.84 Å². The van der Waals surface area contributed by atoms with E-state index in [1.165, 1.54) is 24.1 Å². The summed E-state index contributed by atoms with van der Waals surface area (Å²) < 4.78 is 48.0. The molecule has 12 heteroatoms. The van der Waals surface area contributed by atoms with Gasteiger partial charge in [-0.1, -0.05) is 35.3 Å². The number of aromatic nitrogens is 2. The van der Waals surface area contributed by atoms with Crippen LogP contribution in [-0.4, -0.2) is 73.6 Å². The third-order valence-electron chi connectivity index (χ3n) is 7.00. The Labute approximate surface area is 241 Å². The lowest BCUT2D eigenvalue weighted by Gasteiger charge is -2.30. The third-order valence-corrected chi connectivity index (χ3v) is 9.74.